The van der Waals surface area contributed by atoms with Gasteiger partial charge in [0.25, 0.3) is 0 Å². The molecule has 0 aromatic carbocycles. The normalized spacial score (nSPS) is 10.2. The Hall–Kier alpha value is -1.97. The minimum atomic E-state index is -0.474. The van der Waals surface area contributed by atoms with Crippen molar-refractivity contribution in [2.75, 3.05) is 0 Å². The van der Waals surface area contributed by atoms with Crippen molar-refractivity contribution in [3.05, 3.63) is 36.3 Å². The predicted molar refractivity (Wildman–Crippen MR) is 48.1 cm³/mol. The summed E-state index contributed by atoms with van der Waals surface area (Å²) in [6, 6.07) is 3.46. The van der Waals surface area contributed by atoms with Gasteiger partial charge in [0.15, 0.2) is 0 Å². The average molecular weight is 173 g/mol. The minimum Gasteiger partial charge on any atom is -0.366 e. The Kier molecular flexibility index (Phi) is 1.66. The third-order valence-electron chi connectivity index (χ3n) is 1.77. The molecule has 0 saturated carbocycles. The lowest BCUT2D eigenvalue weighted by molar-refractivity contribution is 0.1000. The molecule has 0 aliphatic heterocycles. The number of nitrogens with two attached hydrogens (primary N) is 1. The van der Waals surface area contributed by atoms with Crippen LogP contribution in [-0.4, -0.2) is 15.9 Å². The molecule has 4 nitrogen and oxygen atoms in total. The maximum atomic E-state index is 10.8. The highest BCUT2D eigenvalue weighted by Crippen LogP contribution is 2.10. The molecule has 0 unspecified atom stereocenters. The van der Waals surface area contributed by atoms with Crippen molar-refractivity contribution in [3.63, 3.8) is 0 Å². The van der Waals surface area contributed by atoms with Crippen LogP contribution in [-0.2, 0) is 0 Å². The van der Waals surface area contributed by atoms with Crippen molar-refractivity contribution >= 4 is 16.8 Å². The molecule has 4 heteroatoms. The molecule has 2 aromatic heterocycles. The Morgan fingerprint density at radius 1 is 1.38 bits per heavy atom. The molecule has 0 atom stereocenters. The van der Waals surface area contributed by atoms with E-state index in [1.54, 1.807) is 24.5 Å². The van der Waals surface area contributed by atoms with Crippen LogP contribution in [0.25, 0.3) is 10.9 Å². The number of rotatable bonds is 1. The van der Waals surface area contributed by atoms with E-state index in [9.17, 15) is 4.79 Å². The minimum absolute atomic E-state index is 0.403. The summed E-state index contributed by atoms with van der Waals surface area (Å²) in [5.41, 5.74) is 6.31. The number of aromatic nitrogens is 2. The topological polar surface area (TPSA) is 68.9 Å². The maximum absolute atomic E-state index is 10.8. The second kappa shape index (κ2) is 2.82. The van der Waals surface area contributed by atoms with Gasteiger partial charge in [-0.2, -0.15) is 0 Å². The third kappa shape index (κ3) is 1.33. The van der Waals surface area contributed by atoms with Crippen LogP contribution < -0.4 is 5.73 Å². The average Bonchev–Trinajstić information content (AvgIpc) is 2.17. The zero-order valence-corrected chi connectivity index (χ0v) is 6.77. The van der Waals surface area contributed by atoms with Crippen molar-refractivity contribution in [2.45, 2.75) is 0 Å². The summed E-state index contributed by atoms with van der Waals surface area (Å²) in [4.78, 5) is 18.8. The molecule has 0 bridgehead atoms. The van der Waals surface area contributed by atoms with E-state index in [0.29, 0.717) is 5.56 Å². The molecule has 2 N–H and O–H groups in total. The van der Waals surface area contributed by atoms with Gasteiger partial charge in [0.05, 0.1) is 11.1 Å². The van der Waals surface area contributed by atoms with Gasteiger partial charge in [-0.3, -0.25) is 14.8 Å². The van der Waals surface area contributed by atoms with Crippen LogP contribution in [0, 0.1) is 0 Å². The summed E-state index contributed by atoms with van der Waals surface area (Å²) in [7, 11) is 0. The fraction of sp³-hybridized carbons (Fsp3) is 0. The van der Waals surface area contributed by atoms with Crippen molar-refractivity contribution in [2.24, 2.45) is 5.73 Å². The van der Waals surface area contributed by atoms with Gasteiger partial charge in [-0.05, 0) is 12.1 Å². The first kappa shape index (κ1) is 7.67. The van der Waals surface area contributed by atoms with Crippen LogP contribution in [0.3, 0.4) is 0 Å². The SMILES string of the molecule is NC(=O)c1cnc2ccncc2c1. The fourth-order valence-corrected chi connectivity index (χ4v) is 1.11. The van der Waals surface area contributed by atoms with Crippen LogP contribution in [0.1, 0.15) is 10.4 Å². The molecule has 64 valence electrons. The molecule has 0 spiro atoms. The molecule has 2 heterocycles. The quantitative estimate of drug-likeness (QED) is 0.691. The summed E-state index contributed by atoms with van der Waals surface area (Å²) in [5.74, 6) is -0.474. The lowest BCUT2D eigenvalue weighted by Gasteiger charge is -1.97. The number of carbonyl (C=O) groups excluding carboxylic acids is 1. The monoisotopic (exact) mass is 173 g/mol. The molecule has 0 fully saturated rings. The first-order valence-electron chi connectivity index (χ1n) is 3.77. The number of primary amides is 1. The summed E-state index contributed by atoms with van der Waals surface area (Å²) < 4.78 is 0. The molecule has 0 aliphatic carbocycles. The molecule has 13 heavy (non-hydrogen) atoms. The summed E-state index contributed by atoms with van der Waals surface area (Å²) in [5, 5.41) is 0.818. The molecule has 2 aromatic rings. The van der Waals surface area contributed by atoms with E-state index in [-0.39, 0.29) is 0 Å². The van der Waals surface area contributed by atoms with Crippen molar-refractivity contribution < 1.29 is 4.79 Å². The highest BCUT2D eigenvalue weighted by atomic mass is 16.1. The van der Waals surface area contributed by atoms with E-state index in [4.69, 9.17) is 5.73 Å². The van der Waals surface area contributed by atoms with Gasteiger partial charge >= 0.3 is 0 Å². The Bertz CT molecular complexity index is 467. The predicted octanol–water partition coefficient (Wildman–Crippen LogP) is 0.729. The van der Waals surface area contributed by atoms with Gasteiger partial charge < -0.3 is 5.73 Å². The fourth-order valence-electron chi connectivity index (χ4n) is 1.11. The first-order valence-corrected chi connectivity index (χ1v) is 3.77. The second-order valence-electron chi connectivity index (χ2n) is 2.66. The van der Waals surface area contributed by atoms with Gasteiger partial charge in [-0.15, -0.1) is 0 Å². The Morgan fingerprint density at radius 2 is 2.23 bits per heavy atom. The van der Waals surface area contributed by atoms with Crippen LogP contribution in [0.15, 0.2) is 30.7 Å². The van der Waals surface area contributed by atoms with E-state index in [1.165, 1.54) is 6.20 Å². The maximum Gasteiger partial charge on any atom is 0.250 e. The third-order valence-corrected chi connectivity index (χ3v) is 1.77. The molecule has 0 aliphatic rings. The summed E-state index contributed by atoms with van der Waals surface area (Å²) in [6.07, 6.45) is 4.76. The van der Waals surface area contributed by atoms with Crippen LogP contribution in [0.4, 0.5) is 0 Å². The van der Waals surface area contributed by atoms with E-state index in [2.05, 4.69) is 9.97 Å². The van der Waals surface area contributed by atoms with Crippen molar-refractivity contribution in [3.8, 4) is 0 Å². The smallest absolute Gasteiger partial charge is 0.250 e. The molecule has 2 rings (SSSR count). The van der Waals surface area contributed by atoms with Crippen LogP contribution in [0.5, 0.6) is 0 Å². The molecule has 0 saturated heterocycles. The van der Waals surface area contributed by atoms with E-state index >= 15 is 0 Å². The Labute approximate surface area is 74.4 Å². The highest BCUT2D eigenvalue weighted by Gasteiger charge is 2.01. The van der Waals surface area contributed by atoms with Gasteiger partial charge in [0.1, 0.15) is 0 Å². The van der Waals surface area contributed by atoms with Gasteiger partial charge in [0.2, 0.25) is 5.91 Å². The largest absolute Gasteiger partial charge is 0.366 e. The number of nitrogens with zero attached hydrogens (tertiary/aromatic N) is 2. The van der Waals surface area contributed by atoms with Gasteiger partial charge in [0, 0.05) is 24.0 Å². The number of hydrogen-bond acceptors (Lipinski definition) is 3. The van der Waals surface area contributed by atoms with Crippen LogP contribution in [0.2, 0.25) is 0 Å². The first-order chi connectivity index (χ1) is 6.27. The molecule has 1 amide bonds. The highest BCUT2D eigenvalue weighted by molar-refractivity contribution is 5.95. The molecule has 0 radical (unpaired) electrons. The zero-order chi connectivity index (χ0) is 9.26. The summed E-state index contributed by atoms with van der Waals surface area (Å²) >= 11 is 0. The van der Waals surface area contributed by atoms with Crippen molar-refractivity contribution in [1.29, 1.82) is 0 Å². The molecular weight excluding hydrogens is 166 g/mol. The van der Waals surface area contributed by atoms with E-state index in [1.807, 2.05) is 0 Å². The lowest BCUT2D eigenvalue weighted by atomic mass is 10.2. The standard InChI is InChI=1S/C9H7N3O/c10-9(13)7-3-6-4-11-2-1-8(6)12-5-7/h1-5H,(H2,10,13). The second-order valence-corrected chi connectivity index (χ2v) is 2.66. The number of amides is 1. The van der Waals surface area contributed by atoms with Crippen LogP contribution >= 0.6 is 0 Å². The number of pyridine rings is 2. The molecular formula is C9H7N3O. The Balaban J connectivity index is 2.69. The van der Waals surface area contributed by atoms with Crippen molar-refractivity contribution in [1.82, 2.24) is 9.97 Å². The number of hydrogen-bond donors (Lipinski definition) is 1. The number of carbonyl (C=O) groups is 1. The summed E-state index contributed by atoms with van der Waals surface area (Å²) in [6.45, 7) is 0. The Morgan fingerprint density at radius 3 is 3.00 bits per heavy atom. The zero-order valence-electron chi connectivity index (χ0n) is 6.77. The van der Waals surface area contributed by atoms with E-state index in [0.717, 1.165) is 10.9 Å². The van der Waals surface area contributed by atoms with E-state index < -0.39 is 5.91 Å². The van der Waals surface area contributed by atoms with Gasteiger partial charge in [-0.1, -0.05) is 0 Å². The lowest BCUT2D eigenvalue weighted by Crippen LogP contribution is -2.10. The van der Waals surface area contributed by atoms with Gasteiger partial charge in [-0.25, -0.2) is 0 Å². The number of fused-ring (bicyclic) bond motifs is 1.